The highest BCUT2D eigenvalue weighted by atomic mass is 79.9. The maximum absolute atomic E-state index is 13.6. The van der Waals surface area contributed by atoms with Crippen molar-refractivity contribution in [1.82, 2.24) is 0 Å². The first kappa shape index (κ1) is 12.6. The van der Waals surface area contributed by atoms with E-state index < -0.39 is 6.10 Å². The van der Waals surface area contributed by atoms with Gasteiger partial charge >= 0.3 is 0 Å². The lowest BCUT2D eigenvalue weighted by Crippen LogP contribution is -2.12. The van der Waals surface area contributed by atoms with Crippen LogP contribution in [0.3, 0.4) is 0 Å². The van der Waals surface area contributed by atoms with Crippen molar-refractivity contribution in [2.75, 3.05) is 6.54 Å². The Morgan fingerprint density at radius 2 is 2.07 bits per heavy atom. The zero-order valence-electron chi connectivity index (χ0n) is 8.80. The molecular formula is C11H15BrFNO. The van der Waals surface area contributed by atoms with E-state index in [9.17, 15) is 9.50 Å². The molecule has 1 aromatic carbocycles. The lowest BCUT2D eigenvalue weighted by Gasteiger charge is -2.14. The van der Waals surface area contributed by atoms with Crippen LogP contribution >= 0.6 is 15.9 Å². The standard InChI is InChI=1S/C11H15BrFNO/c1-6(2)8-3-7(10(15)5-14)4-9(12)11(8)13/h3-4,6,10,15H,5,14H2,1-2H3. The molecule has 0 aliphatic heterocycles. The maximum atomic E-state index is 13.6. The molecule has 0 fully saturated rings. The number of aliphatic hydroxyl groups excluding tert-OH is 1. The maximum Gasteiger partial charge on any atom is 0.140 e. The fraction of sp³-hybridized carbons (Fsp3) is 0.455. The predicted octanol–water partition coefficient (Wildman–Crippen LogP) is 2.70. The molecule has 15 heavy (non-hydrogen) atoms. The van der Waals surface area contributed by atoms with Gasteiger partial charge in [-0.25, -0.2) is 4.39 Å². The van der Waals surface area contributed by atoms with Gasteiger partial charge in [0.2, 0.25) is 0 Å². The van der Waals surface area contributed by atoms with Crippen LogP contribution in [-0.4, -0.2) is 11.7 Å². The summed E-state index contributed by atoms with van der Waals surface area (Å²) in [7, 11) is 0. The largest absolute Gasteiger partial charge is 0.387 e. The zero-order valence-corrected chi connectivity index (χ0v) is 10.4. The van der Waals surface area contributed by atoms with Gasteiger partial charge in [-0.3, -0.25) is 0 Å². The van der Waals surface area contributed by atoms with Crippen LogP contribution in [0, 0.1) is 5.82 Å². The van der Waals surface area contributed by atoms with Crippen molar-refractivity contribution in [3.63, 3.8) is 0 Å². The second-order valence-electron chi connectivity index (χ2n) is 3.81. The van der Waals surface area contributed by atoms with Crippen LogP contribution in [0.15, 0.2) is 16.6 Å². The van der Waals surface area contributed by atoms with Crippen LogP contribution in [0.1, 0.15) is 37.0 Å². The zero-order chi connectivity index (χ0) is 11.6. The SMILES string of the molecule is CC(C)c1cc(C(O)CN)cc(Br)c1F. The highest BCUT2D eigenvalue weighted by Gasteiger charge is 2.15. The number of halogens is 2. The monoisotopic (exact) mass is 275 g/mol. The van der Waals surface area contributed by atoms with E-state index in [4.69, 9.17) is 5.73 Å². The van der Waals surface area contributed by atoms with Crippen LogP contribution in [0.25, 0.3) is 0 Å². The van der Waals surface area contributed by atoms with Crippen molar-refractivity contribution in [1.29, 1.82) is 0 Å². The van der Waals surface area contributed by atoms with Crippen LogP contribution < -0.4 is 5.73 Å². The first-order valence-electron chi connectivity index (χ1n) is 4.84. The molecule has 0 aliphatic carbocycles. The molecular weight excluding hydrogens is 261 g/mol. The topological polar surface area (TPSA) is 46.2 Å². The quantitative estimate of drug-likeness (QED) is 0.891. The second kappa shape index (κ2) is 5.05. The fourth-order valence-electron chi connectivity index (χ4n) is 1.38. The summed E-state index contributed by atoms with van der Waals surface area (Å²) in [4.78, 5) is 0. The third-order valence-electron chi connectivity index (χ3n) is 2.31. The van der Waals surface area contributed by atoms with E-state index >= 15 is 0 Å². The third-order valence-corrected chi connectivity index (χ3v) is 2.89. The number of benzene rings is 1. The van der Waals surface area contributed by atoms with Gasteiger partial charge in [0.15, 0.2) is 0 Å². The number of nitrogens with two attached hydrogens (primary N) is 1. The molecule has 1 rings (SSSR count). The molecule has 4 heteroatoms. The number of rotatable bonds is 3. The highest BCUT2D eigenvalue weighted by Crippen LogP contribution is 2.29. The fourth-order valence-corrected chi connectivity index (χ4v) is 1.87. The van der Waals surface area contributed by atoms with Crippen molar-refractivity contribution >= 4 is 15.9 Å². The first-order chi connectivity index (χ1) is 6.97. The average Bonchev–Trinajstić information content (AvgIpc) is 2.20. The van der Waals surface area contributed by atoms with E-state index in [1.807, 2.05) is 13.8 Å². The molecule has 0 spiro atoms. The minimum atomic E-state index is -0.737. The number of aliphatic hydroxyl groups is 1. The third kappa shape index (κ3) is 2.77. The summed E-state index contributed by atoms with van der Waals surface area (Å²) in [6, 6.07) is 3.24. The van der Waals surface area contributed by atoms with E-state index in [2.05, 4.69) is 15.9 Å². The normalized spacial score (nSPS) is 13.3. The summed E-state index contributed by atoms with van der Waals surface area (Å²) in [5.41, 5.74) is 6.60. The highest BCUT2D eigenvalue weighted by molar-refractivity contribution is 9.10. The summed E-state index contributed by atoms with van der Waals surface area (Å²) >= 11 is 3.14. The molecule has 0 heterocycles. The Morgan fingerprint density at radius 3 is 2.53 bits per heavy atom. The van der Waals surface area contributed by atoms with Gasteiger partial charge in [0, 0.05) is 6.54 Å². The van der Waals surface area contributed by atoms with Gasteiger partial charge in [0.25, 0.3) is 0 Å². The lowest BCUT2D eigenvalue weighted by molar-refractivity contribution is 0.186. The molecule has 2 nitrogen and oxygen atoms in total. The summed E-state index contributed by atoms with van der Waals surface area (Å²) in [5, 5.41) is 9.58. The summed E-state index contributed by atoms with van der Waals surface area (Å²) < 4.78 is 14.0. The van der Waals surface area contributed by atoms with Crippen molar-refractivity contribution in [2.45, 2.75) is 25.9 Å². The predicted molar refractivity (Wildman–Crippen MR) is 62.2 cm³/mol. The molecule has 0 aliphatic rings. The van der Waals surface area contributed by atoms with Gasteiger partial charge in [-0.15, -0.1) is 0 Å². The van der Waals surface area contributed by atoms with Crippen molar-refractivity contribution in [2.24, 2.45) is 5.73 Å². The molecule has 0 saturated heterocycles. The van der Waals surface area contributed by atoms with Crippen LogP contribution in [0.5, 0.6) is 0 Å². The minimum Gasteiger partial charge on any atom is -0.387 e. The van der Waals surface area contributed by atoms with Gasteiger partial charge in [-0.05, 0) is 45.1 Å². The van der Waals surface area contributed by atoms with E-state index in [-0.39, 0.29) is 18.3 Å². The Bertz CT molecular complexity index is 355. The second-order valence-corrected chi connectivity index (χ2v) is 4.67. The van der Waals surface area contributed by atoms with Gasteiger partial charge in [0.1, 0.15) is 5.82 Å². The molecule has 1 unspecified atom stereocenters. The van der Waals surface area contributed by atoms with E-state index in [1.165, 1.54) is 0 Å². The Kier molecular flexibility index (Phi) is 4.25. The summed E-state index contributed by atoms with van der Waals surface area (Å²) in [6.45, 7) is 3.95. The van der Waals surface area contributed by atoms with Crippen LogP contribution in [-0.2, 0) is 0 Å². The molecule has 0 saturated carbocycles. The molecule has 0 bridgehead atoms. The molecule has 1 aromatic rings. The van der Waals surface area contributed by atoms with Crippen molar-refractivity contribution in [3.8, 4) is 0 Å². The lowest BCUT2D eigenvalue weighted by atomic mass is 9.98. The van der Waals surface area contributed by atoms with Gasteiger partial charge < -0.3 is 10.8 Å². The minimum absolute atomic E-state index is 0.0752. The Morgan fingerprint density at radius 1 is 1.47 bits per heavy atom. The Labute approximate surface area is 97.4 Å². The smallest absolute Gasteiger partial charge is 0.140 e. The van der Waals surface area contributed by atoms with Gasteiger partial charge in [-0.2, -0.15) is 0 Å². The summed E-state index contributed by atoms with van der Waals surface area (Å²) in [5.74, 6) is -0.191. The molecule has 84 valence electrons. The van der Waals surface area contributed by atoms with E-state index in [0.717, 1.165) is 0 Å². The average molecular weight is 276 g/mol. The van der Waals surface area contributed by atoms with Crippen molar-refractivity contribution in [3.05, 3.63) is 33.5 Å². The Balaban J connectivity index is 3.23. The van der Waals surface area contributed by atoms with Gasteiger partial charge in [0.05, 0.1) is 10.6 Å². The molecule has 0 amide bonds. The van der Waals surface area contributed by atoms with E-state index in [1.54, 1.807) is 12.1 Å². The Hall–Kier alpha value is -0.450. The van der Waals surface area contributed by atoms with Crippen LogP contribution in [0.4, 0.5) is 4.39 Å². The summed E-state index contributed by atoms with van der Waals surface area (Å²) in [6.07, 6.45) is -0.737. The molecule has 0 radical (unpaired) electrons. The first-order valence-corrected chi connectivity index (χ1v) is 5.63. The molecule has 0 aromatic heterocycles. The number of hydrogen-bond acceptors (Lipinski definition) is 2. The molecule has 1 atom stereocenters. The molecule has 3 N–H and O–H groups in total. The van der Waals surface area contributed by atoms with Crippen molar-refractivity contribution < 1.29 is 9.50 Å². The van der Waals surface area contributed by atoms with Gasteiger partial charge in [-0.1, -0.05) is 13.8 Å². The van der Waals surface area contributed by atoms with E-state index in [0.29, 0.717) is 15.6 Å². The van der Waals surface area contributed by atoms with Crippen LogP contribution in [0.2, 0.25) is 0 Å². The number of hydrogen-bond donors (Lipinski definition) is 2.